The van der Waals surface area contributed by atoms with Gasteiger partial charge in [0.2, 0.25) is 10.0 Å². The number of rotatable bonds is 5. The van der Waals surface area contributed by atoms with E-state index in [4.69, 9.17) is 0 Å². The lowest BCUT2D eigenvalue weighted by molar-refractivity contribution is -0.138. The van der Waals surface area contributed by atoms with Crippen LogP contribution in [0.4, 0.5) is 13.2 Å². The van der Waals surface area contributed by atoms with E-state index in [1.165, 1.54) is 10.4 Å². The minimum Gasteiger partial charge on any atom is -0.372 e. The van der Waals surface area contributed by atoms with E-state index >= 15 is 0 Å². The van der Waals surface area contributed by atoms with Crippen LogP contribution in [0.5, 0.6) is 0 Å². The van der Waals surface area contributed by atoms with Crippen molar-refractivity contribution < 1.29 is 26.7 Å². The Kier molecular flexibility index (Phi) is 6.36. The van der Waals surface area contributed by atoms with E-state index in [1.807, 2.05) is 4.90 Å². The molecule has 176 valence electrons. The Hall–Kier alpha value is -1.95. The van der Waals surface area contributed by atoms with E-state index in [0.29, 0.717) is 55.8 Å². The Morgan fingerprint density at radius 2 is 1.91 bits per heavy atom. The van der Waals surface area contributed by atoms with Crippen LogP contribution in [0.3, 0.4) is 0 Å². The molecule has 3 heterocycles. The summed E-state index contributed by atoms with van der Waals surface area (Å²) in [6.45, 7) is 3.01. The molecule has 2 aliphatic heterocycles. The van der Waals surface area contributed by atoms with Crippen LogP contribution in [-0.4, -0.2) is 58.3 Å². The number of aromatic nitrogens is 2. The van der Waals surface area contributed by atoms with Crippen LogP contribution >= 0.6 is 0 Å². The molecule has 2 aliphatic rings. The van der Waals surface area contributed by atoms with Crippen molar-refractivity contribution in [3.05, 3.63) is 52.3 Å². The molecule has 7 nitrogen and oxygen atoms in total. The average Bonchev–Trinajstić information content (AvgIpc) is 3.21. The van der Waals surface area contributed by atoms with Crippen molar-refractivity contribution in [2.24, 2.45) is 0 Å². The van der Waals surface area contributed by atoms with Crippen molar-refractivity contribution in [1.82, 2.24) is 19.4 Å². The fourth-order valence-electron chi connectivity index (χ4n) is 4.69. The maximum absolute atomic E-state index is 13.4. The van der Waals surface area contributed by atoms with Gasteiger partial charge in [-0.15, -0.1) is 0 Å². The van der Waals surface area contributed by atoms with Gasteiger partial charge in [-0.05, 0) is 43.7 Å². The summed E-state index contributed by atoms with van der Waals surface area (Å²) in [6.07, 6.45) is -3.92. The Labute approximate surface area is 185 Å². The number of hydrogen-bond donors (Lipinski definition) is 2. The first-order valence-electron chi connectivity index (χ1n) is 10.7. The molecule has 0 aliphatic carbocycles. The zero-order valence-corrected chi connectivity index (χ0v) is 18.6. The highest BCUT2D eigenvalue weighted by atomic mass is 32.2. The van der Waals surface area contributed by atoms with E-state index in [9.17, 15) is 26.7 Å². The van der Waals surface area contributed by atoms with Crippen molar-refractivity contribution in [2.75, 3.05) is 25.4 Å². The molecule has 0 bridgehead atoms. The number of sulfonamides is 1. The molecule has 1 saturated heterocycles. The molecule has 1 aromatic heterocycles. The molecular weight excluding hydrogens is 445 g/mol. The average molecular weight is 473 g/mol. The molecule has 2 aromatic rings. The van der Waals surface area contributed by atoms with Gasteiger partial charge in [0.1, 0.15) is 5.69 Å². The lowest BCUT2D eigenvalue weighted by Gasteiger charge is -2.36. The van der Waals surface area contributed by atoms with E-state index in [2.05, 4.69) is 10.2 Å². The van der Waals surface area contributed by atoms with Gasteiger partial charge in [0.25, 0.3) is 0 Å². The molecule has 1 unspecified atom stereocenters. The summed E-state index contributed by atoms with van der Waals surface area (Å²) >= 11 is 0. The smallest absolute Gasteiger partial charge is 0.372 e. The number of halogens is 3. The highest BCUT2D eigenvalue weighted by molar-refractivity contribution is 7.89. The minimum atomic E-state index is -4.39. The summed E-state index contributed by atoms with van der Waals surface area (Å²) in [5, 5.41) is 18.0. The van der Waals surface area contributed by atoms with Crippen molar-refractivity contribution in [3.8, 4) is 0 Å². The summed E-state index contributed by atoms with van der Waals surface area (Å²) in [7, 11) is -3.31. The first-order chi connectivity index (χ1) is 15.1. The first-order valence-corrected chi connectivity index (χ1v) is 12.3. The number of H-pyrrole nitrogens is 1. The number of aliphatic hydroxyl groups is 1. The summed E-state index contributed by atoms with van der Waals surface area (Å²) in [4.78, 5) is 1.82. The number of aliphatic hydroxyl groups excluding tert-OH is 1. The predicted molar refractivity (Wildman–Crippen MR) is 112 cm³/mol. The number of nitrogens with zero attached hydrogens (tertiary/aromatic N) is 3. The van der Waals surface area contributed by atoms with Crippen LogP contribution in [0.1, 0.15) is 60.0 Å². The Morgan fingerprint density at radius 3 is 2.56 bits per heavy atom. The van der Waals surface area contributed by atoms with Gasteiger partial charge in [-0.1, -0.05) is 18.2 Å². The molecule has 0 radical (unpaired) electrons. The van der Waals surface area contributed by atoms with Crippen LogP contribution in [0, 0.1) is 0 Å². The fourth-order valence-corrected chi connectivity index (χ4v) is 5.75. The topological polar surface area (TPSA) is 89.5 Å². The number of alkyl halides is 3. The molecular formula is C21H27F3N4O3S. The Morgan fingerprint density at radius 1 is 1.22 bits per heavy atom. The second kappa shape index (κ2) is 8.77. The van der Waals surface area contributed by atoms with Gasteiger partial charge >= 0.3 is 6.18 Å². The molecule has 4 rings (SSSR count). The molecule has 0 amide bonds. The molecule has 11 heteroatoms. The summed E-state index contributed by atoms with van der Waals surface area (Å²) in [5.41, 5.74) is 1.69. The number of likely N-dealkylation sites (tertiary alicyclic amines) is 1. The first kappa shape index (κ1) is 23.2. The third kappa shape index (κ3) is 4.43. The van der Waals surface area contributed by atoms with Crippen LogP contribution < -0.4 is 0 Å². The molecule has 1 aromatic carbocycles. The van der Waals surface area contributed by atoms with Crippen molar-refractivity contribution in [2.45, 2.75) is 51.1 Å². The maximum Gasteiger partial charge on any atom is 0.416 e. The number of aromatic amines is 1. The fraction of sp³-hybridized carbons (Fsp3) is 0.571. The molecule has 0 spiro atoms. The van der Waals surface area contributed by atoms with Crippen LogP contribution in [0.2, 0.25) is 0 Å². The van der Waals surface area contributed by atoms with Crippen molar-refractivity contribution >= 4 is 10.0 Å². The molecule has 0 saturated carbocycles. The summed E-state index contributed by atoms with van der Waals surface area (Å²) < 4.78 is 65.8. The number of piperidine rings is 1. The summed E-state index contributed by atoms with van der Waals surface area (Å²) in [5.74, 6) is -0.199. The second-order valence-electron chi connectivity index (χ2n) is 8.32. The van der Waals surface area contributed by atoms with E-state index < -0.39 is 28.0 Å². The predicted octanol–water partition coefficient (Wildman–Crippen LogP) is 3.01. The molecule has 32 heavy (non-hydrogen) atoms. The van der Waals surface area contributed by atoms with Gasteiger partial charge in [-0.3, -0.25) is 10.00 Å². The quantitative estimate of drug-likeness (QED) is 0.699. The molecule has 1 atom stereocenters. The zero-order chi connectivity index (χ0) is 23.1. The Balaban J connectivity index is 1.44. The lowest BCUT2D eigenvalue weighted by atomic mass is 9.86. The van der Waals surface area contributed by atoms with Crippen molar-refractivity contribution in [3.63, 3.8) is 0 Å². The number of benzene rings is 1. The highest BCUT2D eigenvalue weighted by Gasteiger charge is 2.37. The normalized spacial score (nSPS) is 20.3. The standard InChI is InChI=1S/C21H27F3N4O3S/c1-2-32(30,31)28-12-9-16-18(13-28)25-26-19(16)20(29)27-10-7-14(8-11-27)15-5-3-4-6-17(15)21(22,23)24/h3-6,14,20,29H,2,7-13H2,1H3,(H,25,26). The van der Waals surface area contributed by atoms with E-state index in [-0.39, 0.29) is 18.2 Å². The van der Waals surface area contributed by atoms with E-state index in [1.54, 1.807) is 19.1 Å². The number of hydrogen-bond acceptors (Lipinski definition) is 5. The largest absolute Gasteiger partial charge is 0.416 e. The van der Waals surface area contributed by atoms with Gasteiger partial charge < -0.3 is 5.11 Å². The van der Waals surface area contributed by atoms with E-state index in [0.717, 1.165) is 11.6 Å². The van der Waals surface area contributed by atoms with Gasteiger partial charge in [0.05, 0.1) is 23.6 Å². The molecule has 1 fully saturated rings. The maximum atomic E-state index is 13.4. The summed E-state index contributed by atoms with van der Waals surface area (Å²) in [6, 6.07) is 5.69. The molecule has 2 N–H and O–H groups in total. The third-order valence-corrected chi connectivity index (χ3v) is 8.34. The minimum absolute atomic E-state index is 0.0262. The van der Waals surface area contributed by atoms with Gasteiger partial charge in [0.15, 0.2) is 6.23 Å². The highest BCUT2D eigenvalue weighted by Crippen LogP contribution is 2.39. The van der Waals surface area contributed by atoms with Gasteiger partial charge in [-0.25, -0.2) is 8.42 Å². The van der Waals surface area contributed by atoms with Crippen LogP contribution in [0.15, 0.2) is 24.3 Å². The number of nitrogens with one attached hydrogen (secondary N) is 1. The number of fused-ring (bicyclic) bond motifs is 1. The van der Waals surface area contributed by atoms with Crippen molar-refractivity contribution in [1.29, 1.82) is 0 Å². The van der Waals surface area contributed by atoms with Crippen LogP contribution in [0.25, 0.3) is 0 Å². The third-order valence-electron chi connectivity index (χ3n) is 6.51. The Bertz CT molecular complexity index is 1060. The van der Waals surface area contributed by atoms with Gasteiger partial charge in [0, 0.05) is 25.2 Å². The zero-order valence-electron chi connectivity index (χ0n) is 17.8. The van der Waals surface area contributed by atoms with Crippen LogP contribution in [-0.2, 0) is 29.2 Å². The lowest BCUT2D eigenvalue weighted by Crippen LogP contribution is -2.39. The monoisotopic (exact) mass is 472 g/mol. The van der Waals surface area contributed by atoms with Gasteiger partial charge in [-0.2, -0.15) is 22.6 Å². The second-order valence-corrected chi connectivity index (χ2v) is 10.6. The SMILES string of the molecule is CCS(=O)(=O)N1CCc2c(C(O)N3CCC(c4ccccc4C(F)(F)F)CC3)n[nH]c2C1.